The van der Waals surface area contributed by atoms with E-state index in [0.29, 0.717) is 6.07 Å². The second-order valence-electron chi connectivity index (χ2n) is 2.70. The number of alkyl halides is 3. The van der Waals surface area contributed by atoms with Crippen molar-refractivity contribution in [1.29, 1.82) is 0 Å². The molecule has 1 N–H and O–H groups in total. The summed E-state index contributed by atoms with van der Waals surface area (Å²) in [4.78, 5) is 26.4. The molecule has 0 aliphatic rings. The zero-order valence-corrected chi connectivity index (χ0v) is 8.09. The van der Waals surface area contributed by atoms with Crippen molar-refractivity contribution in [2.45, 2.75) is 13.1 Å². The molecule has 0 saturated heterocycles. The van der Waals surface area contributed by atoms with Gasteiger partial charge in [0.2, 0.25) is 0 Å². The van der Waals surface area contributed by atoms with Crippen LogP contribution in [-0.4, -0.2) is 22.5 Å². The molecule has 0 aliphatic carbocycles. The average Bonchev–Trinajstić information content (AvgIpc) is 2.16. The summed E-state index contributed by atoms with van der Waals surface area (Å²) in [6.07, 6.45) is -4.75. The summed E-state index contributed by atoms with van der Waals surface area (Å²) in [5.41, 5.74) is -3.26. The molecule has 0 aliphatic heterocycles. The summed E-state index contributed by atoms with van der Waals surface area (Å²) >= 11 is 0. The second-order valence-corrected chi connectivity index (χ2v) is 2.70. The molecule has 1 aromatic rings. The van der Waals surface area contributed by atoms with Gasteiger partial charge in [-0.25, -0.2) is 9.59 Å². The third-order valence-electron chi connectivity index (χ3n) is 1.53. The second kappa shape index (κ2) is 4.33. The lowest BCUT2D eigenvalue weighted by Crippen LogP contribution is -2.23. The first-order valence-electron chi connectivity index (χ1n) is 4.20. The summed E-state index contributed by atoms with van der Waals surface area (Å²) < 4.78 is 41.2. The zero-order chi connectivity index (χ0) is 12.3. The van der Waals surface area contributed by atoms with Crippen molar-refractivity contribution in [3.8, 4) is 0 Å². The van der Waals surface area contributed by atoms with Crippen LogP contribution in [0.3, 0.4) is 0 Å². The van der Waals surface area contributed by atoms with E-state index in [4.69, 9.17) is 0 Å². The number of ether oxygens (including phenoxy) is 1. The van der Waals surface area contributed by atoms with E-state index in [2.05, 4.69) is 9.72 Å². The lowest BCUT2D eigenvalue weighted by molar-refractivity contribution is -0.141. The number of nitrogens with zero attached hydrogens (tertiary/aromatic N) is 1. The Hall–Kier alpha value is -1.86. The molecule has 0 fully saturated rings. The lowest BCUT2D eigenvalue weighted by atomic mass is 10.3. The smallest absolute Gasteiger partial charge is 0.431 e. The molecule has 0 aromatic carbocycles. The highest BCUT2D eigenvalue weighted by atomic mass is 19.4. The van der Waals surface area contributed by atoms with Crippen LogP contribution in [0.5, 0.6) is 0 Å². The molecule has 0 atom stereocenters. The van der Waals surface area contributed by atoms with Gasteiger partial charge in [0.25, 0.3) is 0 Å². The van der Waals surface area contributed by atoms with E-state index in [0.717, 1.165) is 0 Å². The molecular formula is C8H7F3N2O3. The standard InChI is InChI=1S/C8H7F3N2O3/c1-2-16-6(14)4-3-5(8(9,10)11)13-7(15)12-4/h3H,2H2,1H3,(H,12,13,15). The molecule has 0 spiro atoms. The van der Waals surface area contributed by atoms with Crippen molar-refractivity contribution in [3.63, 3.8) is 0 Å². The van der Waals surface area contributed by atoms with Gasteiger partial charge in [0.1, 0.15) is 5.69 Å². The lowest BCUT2D eigenvalue weighted by Gasteiger charge is -2.06. The Labute approximate surface area is 87.3 Å². The number of esters is 1. The van der Waals surface area contributed by atoms with Crippen LogP contribution in [0.25, 0.3) is 0 Å². The quantitative estimate of drug-likeness (QED) is 0.776. The summed E-state index contributed by atoms with van der Waals surface area (Å²) in [6, 6.07) is 0.430. The van der Waals surface area contributed by atoms with Crippen molar-refractivity contribution in [3.05, 3.63) is 27.9 Å². The topological polar surface area (TPSA) is 72.1 Å². The minimum atomic E-state index is -4.75. The van der Waals surface area contributed by atoms with Gasteiger partial charge < -0.3 is 9.72 Å². The van der Waals surface area contributed by atoms with Gasteiger partial charge >= 0.3 is 17.8 Å². The number of rotatable bonds is 2. The van der Waals surface area contributed by atoms with Crippen LogP contribution in [0.2, 0.25) is 0 Å². The maximum absolute atomic E-state index is 12.2. The minimum absolute atomic E-state index is 0.0192. The van der Waals surface area contributed by atoms with Crippen LogP contribution in [0, 0.1) is 0 Å². The van der Waals surface area contributed by atoms with Crippen molar-refractivity contribution >= 4 is 5.97 Å². The minimum Gasteiger partial charge on any atom is -0.461 e. The number of nitrogens with one attached hydrogen (secondary N) is 1. The number of carbonyl (C=O) groups is 1. The fourth-order valence-electron chi connectivity index (χ4n) is 0.920. The molecule has 0 radical (unpaired) electrons. The number of hydrogen-bond donors (Lipinski definition) is 1. The van der Waals surface area contributed by atoms with Crippen LogP contribution >= 0.6 is 0 Å². The van der Waals surface area contributed by atoms with Gasteiger partial charge in [-0.1, -0.05) is 0 Å². The molecule has 0 unspecified atom stereocenters. The molecule has 1 rings (SSSR count). The Morgan fingerprint density at radius 2 is 2.19 bits per heavy atom. The molecule has 0 bridgehead atoms. The maximum atomic E-state index is 12.2. The first-order valence-corrected chi connectivity index (χ1v) is 4.20. The predicted molar refractivity (Wildman–Crippen MR) is 45.8 cm³/mol. The molecule has 0 saturated carbocycles. The van der Waals surface area contributed by atoms with Gasteiger partial charge in [-0.05, 0) is 6.92 Å². The summed E-state index contributed by atoms with van der Waals surface area (Å²) in [6.45, 7) is 1.46. The van der Waals surface area contributed by atoms with Gasteiger partial charge in [0.05, 0.1) is 6.61 Å². The largest absolute Gasteiger partial charge is 0.461 e. The van der Waals surface area contributed by atoms with Crippen LogP contribution in [0.15, 0.2) is 10.9 Å². The van der Waals surface area contributed by atoms with Gasteiger partial charge in [-0.15, -0.1) is 0 Å². The van der Waals surface area contributed by atoms with Crippen LogP contribution in [0.1, 0.15) is 23.1 Å². The first-order chi connectivity index (χ1) is 7.34. The van der Waals surface area contributed by atoms with Crippen molar-refractivity contribution in [2.75, 3.05) is 6.61 Å². The van der Waals surface area contributed by atoms with Gasteiger partial charge in [0, 0.05) is 6.07 Å². The number of halogens is 3. The van der Waals surface area contributed by atoms with E-state index in [9.17, 15) is 22.8 Å². The van der Waals surface area contributed by atoms with E-state index in [1.165, 1.54) is 11.9 Å². The normalized spacial score (nSPS) is 11.2. The van der Waals surface area contributed by atoms with E-state index in [-0.39, 0.29) is 6.61 Å². The number of hydrogen-bond acceptors (Lipinski definition) is 4. The van der Waals surface area contributed by atoms with Crippen LogP contribution < -0.4 is 5.69 Å². The Balaban J connectivity index is 3.18. The molecule has 0 amide bonds. The highest BCUT2D eigenvalue weighted by Crippen LogP contribution is 2.26. The highest BCUT2D eigenvalue weighted by Gasteiger charge is 2.33. The van der Waals surface area contributed by atoms with Crippen molar-refractivity contribution in [1.82, 2.24) is 9.97 Å². The van der Waals surface area contributed by atoms with Gasteiger partial charge in [0.15, 0.2) is 5.69 Å². The number of carbonyl (C=O) groups excluding carboxylic acids is 1. The predicted octanol–water partition coefficient (Wildman–Crippen LogP) is 0.965. The third-order valence-corrected chi connectivity index (χ3v) is 1.53. The molecular weight excluding hydrogens is 229 g/mol. The Morgan fingerprint density at radius 3 is 2.69 bits per heavy atom. The summed E-state index contributed by atoms with van der Waals surface area (Å²) in [5, 5.41) is 0. The number of H-pyrrole nitrogens is 1. The molecule has 88 valence electrons. The van der Waals surface area contributed by atoms with Crippen LogP contribution in [0.4, 0.5) is 13.2 Å². The third kappa shape index (κ3) is 2.81. The Bertz CT molecular complexity index is 453. The maximum Gasteiger partial charge on any atom is 0.431 e. The van der Waals surface area contributed by atoms with Crippen molar-refractivity contribution in [2.24, 2.45) is 0 Å². The molecule has 1 aromatic heterocycles. The Morgan fingerprint density at radius 1 is 1.56 bits per heavy atom. The average molecular weight is 236 g/mol. The zero-order valence-electron chi connectivity index (χ0n) is 8.09. The molecule has 5 nitrogen and oxygen atoms in total. The molecule has 1 heterocycles. The monoisotopic (exact) mass is 236 g/mol. The first kappa shape index (κ1) is 12.2. The fraction of sp³-hybridized carbons (Fsp3) is 0.375. The number of aromatic amines is 1. The van der Waals surface area contributed by atoms with E-state index < -0.39 is 29.2 Å². The van der Waals surface area contributed by atoms with Gasteiger partial charge in [-0.2, -0.15) is 18.2 Å². The molecule has 16 heavy (non-hydrogen) atoms. The fourth-order valence-corrected chi connectivity index (χ4v) is 0.920. The summed E-state index contributed by atoms with van der Waals surface area (Å²) in [7, 11) is 0. The Kier molecular flexibility index (Phi) is 3.31. The number of aromatic nitrogens is 2. The van der Waals surface area contributed by atoms with Crippen molar-refractivity contribution < 1.29 is 22.7 Å². The van der Waals surface area contributed by atoms with E-state index in [1.807, 2.05) is 0 Å². The summed E-state index contributed by atoms with van der Waals surface area (Å²) in [5.74, 6) is -1.07. The van der Waals surface area contributed by atoms with Gasteiger partial charge in [-0.3, -0.25) is 0 Å². The molecule has 8 heteroatoms. The van der Waals surface area contributed by atoms with E-state index >= 15 is 0 Å². The SMILES string of the molecule is CCOC(=O)c1cc(C(F)(F)F)[nH]c(=O)n1. The highest BCUT2D eigenvalue weighted by molar-refractivity contribution is 5.87. The van der Waals surface area contributed by atoms with E-state index in [1.54, 1.807) is 0 Å². The van der Waals surface area contributed by atoms with Crippen LogP contribution in [-0.2, 0) is 10.9 Å².